The molecular formula is C18H21NO5. The summed E-state index contributed by atoms with van der Waals surface area (Å²) in [5.74, 6) is -0.566. The van der Waals surface area contributed by atoms with Crippen molar-refractivity contribution < 1.29 is 18.7 Å². The molecule has 0 fully saturated rings. The Bertz CT molecular complexity index is 829. The molecule has 1 heterocycles. The molecule has 2 rings (SSSR count). The molecule has 0 radical (unpaired) electrons. The maximum absolute atomic E-state index is 12.0. The summed E-state index contributed by atoms with van der Waals surface area (Å²) in [7, 11) is 0. The van der Waals surface area contributed by atoms with E-state index in [0.717, 1.165) is 6.42 Å². The Balaban J connectivity index is 2.33. The molecule has 1 amide bonds. The van der Waals surface area contributed by atoms with E-state index in [9.17, 15) is 14.4 Å². The molecule has 0 spiro atoms. The van der Waals surface area contributed by atoms with Crippen LogP contribution in [0.15, 0.2) is 33.5 Å². The Morgan fingerprint density at radius 3 is 2.54 bits per heavy atom. The number of hydrogen-bond donors (Lipinski definition) is 1. The van der Waals surface area contributed by atoms with Crippen LogP contribution in [0.4, 0.5) is 0 Å². The number of amides is 1. The fourth-order valence-electron chi connectivity index (χ4n) is 1.91. The molecule has 1 aromatic carbocycles. The summed E-state index contributed by atoms with van der Waals surface area (Å²) in [5.41, 5.74) is -1.16. The van der Waals surface area contributed by atoms with E-state index in [-0.39, 0.29) is 22.9 Å². The van der Waals surface area contributed by atoms with Gasteiger partial charge >= 0.3 is 11.6 Å². The van der Waals surface area contributed by atoms with Crippen molar-refractivity contribution in [3.63, 3.8) is 0 Å². The minimum absolute atomic E-state index is 0.0459. The zero-order valence-corrected chi connectivity index (χ0v) is 14.3. The van der Waals surface area contributed by atoms with E-state index < -0.39 is 16.9 Å². The number of ether oxygens (including phenoxy) is 1. The number of esters is 1. The summed E-state index contributed by atoms with van der Waals surface area (Å²) in [6.07, 6.45) is 0.771. The molecule has 24 heavy (non-hydrogen) atoms. The molecule has 1 aromatic heterocycles. The lowest BCUT2D eigenvalue weighted by atomic mass is 9.97. The van der Waals surface area contributed by atoms with Gasteiger partial charge in [0.15, 0.2) is 0 Å². The van der Waals surface area contributed by atoms with Gasteiger partial charge in [0.25, 0.3) is 5.91 Å². The molecule has 0 bridgehead atoms. The van der Waals surface area contributed by atoms with Gasteiger partial charge in [-0.25, -0.2) is 4.79 Å². The third-order valence-corrected chi connectivity index (χ3v) is 3.31. The highest BCUT2D eigenvalue weighted by Crippen LogP contribution is 2.23. The Morgan fingerprint density at radius 1 is 1.21 bits per heavy atom. The van der Waals surface area contributed by atoms with Crippen LogP contribution >= 0.6 is 0 Å². The van der Waals surface area contributed by atoms with Gasteiger partial charge in [-0.3, -0.25) is 9.59 Å². The van der Waals surface area contributed by atoms with Crippen molar-refractivity contribution >= 4 is 22.8 Å². The van der Waals surface area contributed by atoms with Crippen LogP contribution in [0.25, 0.3) is 11.0 Å². The third kappa shape index (κ3) is 4.01. The van der Waals surface area contributed by atoms with Crippen LogP contribution in [0.5, 0.6) is 5.75 Å². The van der Waals surface area contributed by atoms with Crippen molar-refractivity contribution in [3.8, 4) is 5.75 Å². The summed E-state index contributed by atoms with van der Waals surface area (Å²) in [6, 6.07) is 6.18. The smallest absolute Gasteiger partial charge is 0.349 e. The molecule has 6 nitrogen and oxygen atoms in total. The average molecular weight is 331 g/mol. The summed E-state index contributed by atoms with van der Waals surface area (Å²) in [4.78, 5) is 35.9. The maximum Gasteiger partial charge on any atom is 0.349 e. The SMILES string of the molecule is CCCNC(=O)c1cc2ccc(OC(=O)C(C)(C)C)cc2oc1=O. The van der Waals surface area contributed by atoms with E-state index in [1.807, 2.05) is 6.92 Å². The zero-order valence-electron chi connectivity index (χ0n) is 14.3. The lowest BCUT2D eigenvalue weighted by Gasteiger charge is -2.16. The molecular weight excluding hydrogens is 310 g/mol. The summed E-state index contributed by atoms with van der Waals surface area (Å²) >= 11 is 0. The van der Waals surface area contributed by atoms with Gasteiger partial charge in [-0.15, -0.1) is 0 Å². The summed E-state index contributed by atoms with van der Waals surface area (Å²) in [6.45, 7) is 7.65. The number of benzene rings is 1. The van der Waals surface area contributed by atoms with Gasteiger partial charge in [-0.05, 0) is 45.4 Å². The molecule has 128 valence electrons. The Morgan fingerprint density at radius 2 is 1.92 bits per heavy atom. The Kier molecular flexibility index (Phi) is 5.07. The van der Waals surface area contributed by atoms with E-state index in [1.54, 1.807) is 32.9 Å². The van der Waals surface area contributed by atoms with E-state index in [1.165, 1.54) is 12.1 Å². The van der Waals surface area contributed by atoms with Gasteiger partial charge in [0.05, 0.1) is 5.41 Å². The van der Waals surface area contributed by atoms with Gasteiger partial charge in [0, 0.05) is 18.0 Å². The van der Waals surface area contributed by atoms with E-state index in [4.69, 9.17) is 9.15 Å². The lowest BCUT2D eigenvalue weighted by Crippen LogP contribution is -2.28. The fourth-order valence-corrected chi connectivity index (χ4v) is 1.91. The van der Waals surface area contributed by atoms with Crippen molar-refractivity contribution in [1.82, 2.24) is 5.32 Å². The van der Waals surface area contributed by atoms with Gasteiger partial charge < -0.3 is 14.5 Å². The summed E-state index contributed by atoms with van der Waals surface area (Å²) in [5, 5.41) is 3.22. The fraction of sp³-hybridized carbons (Fsp3) is 0.389. The third-order valence-electron chi connectivity index (χ3n) is 3.31. The first-order chi connectivity index (χ1) is 11.2. The topological polar surface area (TPSA) is 85.6 Å². The van der Waals surface area contributed by atoms with Crippen LogP contribution in [-0.2, 0) is 4.79 Å². The van der Waals surface area contributed by atoms with Gasteiger partial charge in [0.1, 0.15) is 16.9 Å². The van der Waals surface area contributed by atoms with Crippen molar-refractivity contribution in [1.29, 1.82) is 0 Å². The largest absolute Gasteiger partial charge is 0.426 e. The monoisotopic (exact) mass is 331 g/mol. The first-order valence-corrected chi connectivity index (χ1v) is 7.80. The molecule has 0 unspecified atom stereocenters. The second kappa shape index (κ2) is 6.86. The molecule has 0 aliphatic heterocycles. The van der Waals surface area contributed by atoms with Crippen LogP contribution in [-0.4, -0.2) is 18.4 Å². The van der Waals surface area contributed by atoms with E-state index >= 15 is 0 Å². The molecule has 6 heteroatoms. The molecule has 0 atom stereocenters. The van der Waals surface area contributed by atoms with Crippen molar-refractivity contribution in [3.05, 3.63) is 40.2 Å². The van der Waals surface area contributed by atoms with Gasteiger partial charge in [-0.2, -0.15) is 0 Å². The van der Waals surface area contributed by atoms with Crippen molar-refractivity contribution in [2.45, 2.75) is 34.1 Å². The van der Waals surface area contributed by atoms with Gasteiger partial charge in [0.2, 0.25) is 0 Å². The minimum Gasteiger partial charge on any atom is -0.426 e. The number of carbonyl (C=O) groups excluding carboxylic acids is 2. The number of carbonyl (C=O) groups is 2. The normalized spacial score (nSPS) is 11.3. The molecule has 0 aliphatic carbocycles. The molecule has 1 N–H and O–H groups in total. The first kappa shape index (κ1) is 17.7. The summed E-state index contributed by atoms with van der Waals surface area (Å²) < 4.78 is 10.5. The zero-order chi connectivity index (χ0) is 17.9. The Hall–Kier alpha value is -2.63. The van der Waals surface area contributed by atoms with Crippen LogP contribution in [0, 0.1) is 5.41 Å². The maximum atomic E-state index is 12.0. The molecule has 0 saturated carbocycles. The minimum atomic E-state index is -0.726. The second-order valence-electron chi connectivity index (χ2n) is 6.54. The highest BCUT2D eigenvalue weighted by Gasteiger charge is 2.24. The Labute approximate surface area is 139 Å². The van der Waals surface area contributed by atoms with Crippen LogP contribution in [0.2, 0.25) is 0 Å². The first-order valence-electron chi connectivity index (χ1n) is 7.80. The highest BCUT2D eigenvalue weighted by molar-refractivity contribution is 5.96. The van der Waals surface area contributed by atoms with E-state index in [2.05, 4.69) is 5.32 Å². The predicted molar refractivity (Wildman–Crippen MR) is 90.2 cm³/mol. The number of hydrogen-bond acceptors (Lipinski definition) is 5. The quantitative estimate of drug-likeness (QED) is 0.529. The van der Waals surface area contributed by atoms with Crippen LogP contribution in [0.1, 0.15) is 44.5 Å². The number of rotatable bonds is 4. The van der Waals surface area contributed by atoms with Crippen molar-refractivity contribution in [2.24, 2.45) is 5.41 Å². The van der Waals surface area contributed by atoms with Gasteiger partial charge in [-0.1, -0.05) is 6.92 Å². The molecule has 0 saturated heterocycles. The highest BCUT2D eigenvalue weighted by atomic mass is 16.5. The molecule has 2 aromatic rings. The van der Waals surface area contributed by atoms with Crippen LogP contribution in [0.3, 0.4) is 0 Å². The van der Waals surface area contributed by atoms with Crippen molar-refractivity contribution in [2.75, 3.05) is 6.54 Å². The van der Waals surface area contributed by atoms with Crippen LogP contribution < -0.4 is 15.7 Å². The standard InChI is InChI=1S/C18H21NO5/c1-5-8-19-15(20)13-9-11-6-7-12(10-14(11)24-16(13)21)23-17(22)18(2,3)4/h6-7,9-10H,5,8H2,1-4H3,(H,19,20). The molecule has 0 aliphatic rings. The number of nitrogens with one attached hydrogen (secondary N) is 1. The van der Waals surface area contributed by atoms with E-state index in [0.29, 0.717) is 11.9 Å². The average Bonchev–Trinajstić information content (AvgIpc) is 2.50. The second-order valence-corrected chi connectivity index (χ2v) is 6.54. The lowest BCUT2D eigenvalue weighted by molar-refractivity contribution is -0.142. The number of fused-ring (bicyclic) bond motifs is 1. The predicted octanol–water partition coefficient (Wildman–Crippen LogP) is 2.88.